The van der Waals surface area contributed by atoms with Crippen molar-refractivity contribution >= 4 is 29.3 Å². The molecule has 56 heavy (non-hydrogen) atoms. The number of anilines is 1. The van der Waals surface area contributed by atoms with Gasteiger partial charge in [-0.15, -0.1) is 0 Å². The maximum atomic E-state index is 15.9. The number of ether oxygens (including phenoxy) is 1. The van der Waals surface area contributed by atoms with E-state index in [1.54, 1.807) is 18.2 Å². The Labute approximate surface area is 324 Å². The molecule has 0 bridgehead atoms. The second kappa shape index (κ2) is 14.8. The molecule has 5 aliphatic heterocycles. The molecular weight excluding hydrogens is 714 g/mol. The van der Waals surface area contributed by atoms with Crippen molar-refractivity contribution in [2.75, 3.05) is 50.8 Å². The number of carbonyl (C=O) groups excluding carboxylic acids is 4. The van der Waals surface area contributed by atoms with Crippen LogP contribution in [0.2, 0.25) is 0 Å². The number of fused-ring (bicyclic) bond motifs is 2. The average Bonchev–Trinajstić information content (AvgIpc) is 3.48. The van der Waals surface area contributed by atoms with E-state index in [1.807, 2.05) is 12.1 Å². The second-order valence-electron chi connectivity index (χ2n) is 15.6. The third-order valence-electron chi connectivity index (χ3n) is 12.4. The summed E-state index contributed by atoms with van der Waals surface area (Å²) in [6, 6.07) is 27.3. The van der Waals surface area contributed by atoms with Crippen molar-refractivity contribution in [2.24, 2.45) is 0 Å². The van der Waals surface area contributed by atoms with Crippen LogP contribution in [0.3, 0.4) is 0 Å². The number of nitrogens with zero attached hydrogens (tertiary/aromatic N) is 4. The molecule has 5 heterocycles. The molecule has 288 valence electrons. The lowest BCUT2D eigenvalue weighted by atomic mass is 9.76. The topological polar surface area (TPSA) is 123 Å². The van der Waals surface area contributed by atoms with E-state index in [1.165, 1.54) is 22.9 Å². The molecule has 4 aromatic rings. The Bertz CT molecular complexity index is 2180. The van der Waals surface area contributed by atoms with Gasteiger partial charge < -0.3 is 14.7 Å². The lowest BCUT2D eigenvalue weighted by molar-refractivity contribution is -0.136. The number of phenolic OH excluding ortho intramolecular Hbond substituents is 1. The van der Waals surface area contributed by atoms with Gasteiger partial charge in [0.15, 0.2) is 0 Å². The summed E-state index contributed by atoms with van der Waals surface area (Å²) in [5.41, 5.74) is 4.76. The Morgan fingerprint density at radius 3 is 2.27 bits per heavy atom. The molecule has 4 amide bonds. The highest BCUT2D eigenvalue weighted by Gasteiger charge is 2.46. The molecule has 3 atom stereocenters. The van der Waals surface area contributed by atoms with Gasteiger partial charge in [-0.25, -0.2) is 4.39 Å². The Balaban J connectivity index is 0.801. The Hall–Kier alpha value is -5.59. The third kappa shape index (κ3) is 6.60. The number of carbonyl (C=O) groups is 4. The molecule has 0 saturated carbocycles. The van der Waals surface area contributed by atoms with Crippen LogP contribution >= 0.6 is 0 Å². The minimum Gasteiger partial charge on any atom is -0.508 e. The molecule has 5 aliphatic rings. The van der Waals surface area contributed by atoms with Crippen molar-refractivity contribution in [3.05, 3.63) is 124 Å². The summed E-state index contributed by atoms with van der Waals surface area (Å²) in [4.78, 5) is 58.4. The molecule has 3 saturated heterocycles. The van der Waals surface area contributed by atoms with Crippen LogP contribution in [0.25, 0.3) is 0 Å². The van der Waals surface area contributed by atoms with Gasteiger partial charge in [0.1, 0.15) is 23.4 Å². The molecule has 4 aromatic carbocycles. The van der Waals surface area contributed by atoms with Gasteiger partial charge in [-0.05, 0) is 54.7 Å². The molecule has 9 rings (SSSR count). The van der Waals surface area contributed by atoms with E-state index in [-0.39, 0.29) is 41.6 Å². The highest BCUT2D eigenvalue weighted by molar-refractivity contribution is 6.23. The van der Waals surface area contributed by atoms with Crippen LogP contribution in [0.15, 0.2) is 84.9 Å². The van der Waals surface area contributed by atoms with E-state index < -0.39 is 35.5 Å². The van der Waals surface area contributed by atoms with Crippen LogP contribution in [0.4, 0.5) is 10.1 Å². The summed E-state index contributed by atoms with van der Waals surface area (Å²) < 4.78 is 22.0. The lowest BCUT2D eigenvalue weighted by Gasteiger charge is -2.43. The molecule has 0 aliphatic carbocycles. The number of piperazine rings is 1. The molecule has 0 aromatic heterocycles. The molecule has 0 radical (unpaired) electrons. The summed E-state index contributed by atoms with van der Waals surface area (Å²) in [5.74, 6) is -2.23. The van der Waals surface area contributed by atoms with Crippen LogP contribution in [0.1, 0.15) is 80.5 Å². The normalized spacial score (nSPS) is 23.5. The summed E-state index contributed by atoms with van der Waals surface area (Å²) in [6.45, 7) is 6.00. The Morgan fingerprint density at radius 2 is 1.54 bits per heavy atom. The van der Waals surface area contributed by atoms with Gasteiger partial charge in [0, 0.05) is 93.0 Å². The molecule has 1 unspecified atom stereocenters. The largest absolute Gasteiger partial charge is 0.508 e. The minimum absolute atomic E-state index is 0.00814. The van der Waals surface area contributed by atoms with E-state index in [0.717, 1.165) is 68.3 Å². The SMILES string of the molecule is O=C1CCC(N2C(=O)c3ccc(CN4CCN(C5CCN(c6ccc([C@@H]7c8ccc(O)cc8OC[C@@H]7c7ccccc7)cc6)CC5)CC4)c(F)c3C2=O)C(=O)N1. The number of imide groups is 2. The van der Waals surface area contributed by atoms with Gasteiger partial charge in [0.2, 0.25) is 11.8 Å². The Kier molecular flexibility index (Phi) is 9.54. The zero-order valence-corrected chi connectivity index (χ0v) is 31.0. The monoisotopic (exact) mass is 757 g/mol. The quantitative estimate of drug-likeness (QED) is 0.250. The summed E-state index contributed by atoms with van der Waals surface area (Å²) in [6.07, 6.45) is 2.13. The van der Waals surface area contributed by atoms with Crippen LogP contribution < -0.4 is 15.0 Å². The van der Waals surface area contributed by atoms with E-state index in [9.17, 15) is 24.3 Å². The van der Waals surface area contributed by atoms with Crippen molar-refractivity contribution in [1.82, 2.24) is 20.0 Å². The first-order chi connectivity index (χ1) is 27.2. The molecular formula is C44H44FN5O6. The number of hydrogen-bond acceptors (Lipinski definition) is 9. The van der Waals surface area contributed by atoms with Crippen molar-refractivity contribution in [3.63, 3.8) is 0 Å². The fourth-order valence-corrected chi connectivity index (χ4v) is 9.39. The van der Waals surface area contributed by atoms with Crippen molar-refractivity contribution in [1.29, 1.82) is 0 Å². The first-order valence-electron chi connectivity index (χ1n) is 19.6. The fourth-order valence-electron chi connectivity index (χ4n) is 9.39. The maximum Gasteiger partial charge on any atom is 0.265 e. The first kappa shape index (κ1) is 36.1. The van der Waals surface area contributed by atoms with Gasteiger partial charge in [-0.2, -0.15) is 0 Å². The second-order valence-corrected chi connectivity index (χ2v) is 15.6. The van der Waals surface area contributed by atoms with Gasteiger partial charge in [0.05, 0.1) is 17.7 Å². The van der Waals surface area contributed by atoms with Gasteiger partial charge in [0.25, 0.3) is 11.8 Å². The lowest BCUT2D eigenvalue weighted by Crippen LogP contribution is -2.54. The molecule has 3 fully saturated rings. The number of amides is 4. The number of phenols is 1. The number of nitrogens with one attached hydrogen (secondary N) is 1. The zero-order valence-electron chi connectivity index (χ0n) is 31.0. The highest BCUT2D eigenvalue weighted by Crippen LogP contribution is 2.47. The average molecular weight is 758 g/mol. The van der Waals surface area contributed by atoms with Crippen LogP contribution in [0.5, 0.6) is 11.5 Å². The predicted molar refractivity (Wildman–Crippen MR) is 206 cm³/mol. The van der Waals surface area contributed by atoms with Crippen LogP contribution in [-0.4, -0.2) is 101 Å². The summed E-state index contributed by atoms with van der Waals surface area (Å²) in [7, 11) is 0. The van der Waals surface area contributed by atoms with E-state index in [0.29, 0.717) is 24.8 Å². The Morgan fingerprint density at radius 1 is 0.786 bits per heavy atom. The number of benzene rings is 4. The number of piperidine rings is 2. The number of hydrogen-bond donors (Lipinski definition) is 2. The van der Waals surface area contributed by atoms with Gasteiger partial charge in [-0.3, -0.25) is 39.2 Å². The minimum atomic E-state index is -1.13. The first-order valence-corrected chi connectivity index (χ1v) is 19.6. The van der Waals surface area contributed by atoms with E-state index in [2.05, 4.69) is 68.5 Å². The number of aromatic hydroxyl groups is 1. The summed E-state index contributed by atoms with van der Waals surface area (Å²) >= 11 is 0. The van der Waals surface area contributed by atoms with Gasteiger partial charge >= 0.3 is 0 Å². The number of rotatable bonds is 7. The highest BCUT2D eigenvalue weighted by atomic mass is 19.1. The molecule has 2 N–H and O–H groups in total. The zero-order chi connectivity index (χ0) is 38.5. The predicted octanol–water partition coefficient (Wildman–Crippen LogP) is 5.03. The maximum absolute atomic E-state index is 15.9. The fraction of sp³-hybridized carbons (Fsp3) is 0.364. The van der Waals surface area contributed by atoms with Crippen LogP contribution in [-0.2, 0) is 16.1 Å². The van der Waals surface area contributed by atoms with E-state index >= 15 is 4.39 Å². The van der Waals surface area contributed by atoms with Crippen molar-refractivity contribution < 1.29 is 33.4 Å². The molecule has 0 spiro atoms. The van der Waals surface area contributed by atoms with Crippen molar-refractivity contribution in [3.8, 4) is 11.5 Å². The third-order valence-corrected chi connectivity index (χ3v) is 12.4. The standard InChI is InChI=1S/C44H44FN5O6/c45-41-29(8-12-34-40(41)44(55)50(43(34)54)36-14-15-38(52)46-42(36)53)25-47-20-22-49(23-21-47)31-16-18-48(19-17-31)30-9-6-28(7-10-30)39-33-13-11-32(51)24-37(33)56-26-35(39)27-4-2-1-3-5-27/h1-13,24,31,35-36,39,51H,14-23,25-26H2,(H,46,52,53)/t35-,36?,39-/m1/s1. The number of halogens is 1. The van der Waals surface area contributed by atoms with Crippen LogP contribution in [0, 0.1) is 5.82 Å². The molecule has 12 heteroatoms. The summed E-state index contributed by atoms with van der Waals surface area (Å²) in [5, 5.41) is 12.3. The van der Waals surface area contributed by atoms with E-state index in [4.69, 9.17) is 4.74 Å². The van der Waals surface area contributed by atoms with Crippen molar-refractivity contribution in [2.45, 2.75) is 56.1 Å². The smallest absolute Gasteiger partial charge is 0.265 e. The molecule has 11 nitrogen and oxygen atoms in total. The van der Waals surface area contributed by atoms with Gasteiger partial charge in [-0.1, -0.05) is 54.6 Å².